The molecule has 0 aliphatic carbocycles. The number of carbonyl (C=O) groups excluding carboxylic acids is 3. The number of aliphatic hydroxyl groups excluding tert-OH is 1. The van der Waals surface area contributed by atoms with Gasteiger partial charge in [0.2, 0.25) is 5.91 Å². The lowest BCUT2D eigenvalue weighted by Crippen LogP contribution is -2.62. The molecule has 1 aliphatic rings. The number of hydrogen-bond acceptors (Lipinski definition) is 7. The first-order chi connectivity index (χ1) is 17.5. The van der Waals surface area contributed by atoms with Crippen LogP contribution < -0.4 is 10.6 Å². The fraction of sp³-hybridized carbons (Fsp3) is 0.423. The molecule has 1 aliphatic heterocycles. The molecule has 1 heterocycles. The van der Waals surface area contributed by atoms with E-state index in [1.54, 1.807) is 60.7 Å². The van der Waals surface area contributed by atoms with Gasteiger partial charge in [-0.15, -0.1) is 0 Å². The van der Waals surface area contributed by atoms with E-state index >= 15 is 0 Å². The maximum atomic E-state index is 13.3. The number of hydrogen-bond donors (Lipinski definition) is 3. The van der Waals surface area contributed by atoms with Crippen LogP contribution in [0.5, 0.6) is 0 Å². The highest BCUT2D eigenvalue weighted by Gasteiger charge is 2.38. The largest absolute Gasteiger partial charge is 0.382 e. The summed E-state index contributed by atoms with van der Waals surface area (Å²) in [6.07, 6.45) is -1.62. The van der Waals surface area contributed by atoms with Crippen LogP contribution in [0.3, 0.4) is 0 Å². The molecule has 2 aromatic carbocycles. The molecule has 0 saturated carbocycles. The Kier molecular flexibility index (Phi) is 9.41. The molecule has 2 unspecified atom stereocenters. The molecule has 2 aromatic rings. The van der Waals surface area contributed by atoms with Crippen LogP contribution >= 0.6 is 0 Å². The van der Waals surface area contributed by atoms with Gasteiger partial charge in [0, 0.05) is 18.7 Å². The van der Waals surface area contributed by atoms with Gasteiger partial charge in [0.25, 0.3) is 0 Å². The van der Waals surface area contributed by atoms with Gasteiger partial charge in [-0.05, 0) is 19.4 Å². The molecular weight excluding hydrogens is 498 g/mol. The number of morpholine rings is 1. The molecule has 0 aromatic heterocycles. The fourth-order valence-electron chi connectivity index (χ4n) is 3.89. The molecule has 0 radical (unpaired) electrons. The highest BCUT2D eigenvalue weighted by atomic mass is 32.2. The number of aliphatic hydroxyl groups is 1. The molecule has 200 valence electrons. The Bertz CT molecular complexity index is 1180. The van der Waals surface area contributed by atoms with E-state index in [-0.39, 0.29) is 11.3 Å². The predicted octanol–water partition coefficient (Wildman–Crippen LogP) is 1.15. The third-order valence-corrected chi connectivity index (χ3v) is 7.61. The summed E-state index contributed by atoms with van der Waals surface area (Å²) in [5.41, 5.74) is -0.653. The molecule has 37 heavy (non-hydrogen) atoms. The van der Waals surface area contributed by atoms with Gasteiger partial charge in [-0.25, -0.2) is 13.2 Å². The molecular formula is C26H33N3O7S. The van der Waals surface area contributed by atoms with Gasteiger partial charge in [0.05, 0.1) is 30.3 Å². The lowest BCUT2D eigenvalue weighted by atomic mass is 9.90. The van der Waals surface area contributed by atoms with Crippen molar-refractivity contribution in [3.05, 3.63) is 71.8 Å². The van der Waals surface area contributed by atoms with Crippen LogP contribution in [-0.4, -0.2) is 85.9 Å². The van der Waals surface area contributed by atoms with Crippen molar-refractivity contribution in [2.75, 3.05) is 32.1 Å². The number of nitrogens with zero attached hydrogens (tertiary/aromatic N) is 1. The van der Waals surface area contributed by atoms with E-state index in [4.69, 9.17) is 4.74 Å². The molecule has 3 N–H and O–H groups in total. The van der Waals surface area contributed by atoms with Crippen molar-refractivity contribution >= 4 is 27.6 Å². The zero-order chi connectivity index (χ0) is 27.1. The molecule has 1 saturated heterocycles. The zero-order valence-electron chi connectivity index (χ0n) is 20.9. The number of sulfone groups is 1. The van der Waals surface area contributed by atoms with Crippen molar-refractivity contribution in [1.82, 2.24) is 15.5 Å². The Hall–Kier alpha value is -3.28. The first-order valence-corrected chi connectivity index (χ1v) is 13.8. The van der Waals surface area contributed by atoms with Crippen LogP contribution in [0, 0.1) is 0 Å². The maximum absolute atomic E-state index is 13.3. The van der Waals surface area contributed by atoms with Crippen LogP contribution in [0.2, 0.25) is 0 Å². The summed E-state index contributed by atoms with van der Waals surface area (Å²) in [7, 11) is -3.84. The van der Waals surface area contributed by atoms with Crippen LogP contribution in [0.4, 0.5) is 4.79 Å². The number of carbonyl (C=O) groups is 3. The monoisotopic (exact) mass is 531 g/mol. The van der Waals surface area contributed by atoms with E-state index in [1.807, 2.05) is 0 Å². The highest BCUT2D eigenvalue weighted by Crippen LogP contribution is 2.16. The van der Waals surface area contributed by atoms with Gasteiger partial charge in [-0.2, -0.15) is 0 Å². The minimum absolute atomic E-state index is 0.264. The molecule has 1 fully saturated rings. The van der Waals surface area contributed by atoms with E-state index in [0.717, 1.165) is 0 Å². The number of amides is 3. The van der Waals surface area contributed by atoms with Crippen LogP contribution in [0.25, 0.3) is 0 Å². The van der Waals surface area contributed by atoms with Crippen LogP contribution in [-0.2, 0) is 25.1 Å². The summed E-state index contributed by atoms with van der Waals surface area (Å²) in [5, 5.41) is 15.8. The van der Waals surface area contributed by atoms with E-state index in [2.05, 4.69) is 10.6 Å². The van der Waals surface area contributed by atoms with Crippen LogP contribution in [0.15, 0.2) is 60.7 Å². The second kappa shape index (κ2) is 12.3. The maximum Gasteiger partial charge on any atom is 0.318 e. The minimum Gasteiger partial charge on any atom is -0.382 e. The van der Waals surface area contributed by atoms with Crippen molar-refractivity contribution in [2.45, 2.75) is 37.3 Å². The summed E-state index contributed by atoms with van der Waals surface area (Å²) in [4.78, 5) is 40.4. The second-order valence-electron chi connectivity index (χ2n) is 9.49. The third kappa shape index (κ3) is 8.11. The van der Waals surface area contributed by atoms with Crippen LogP contribution in [0.1, 0.15) is 29.8 Å². The molecule has 3 amide bonds. The summed E-state index contributed by atoms with van der Waals surface area (Å²) in [6, 6.07) is 14.6. The van der Waals surface area contributed by atoms with E-state index < -0.39 is 51.0 Å². The van der Waals surface area contributed by atoms with Gasteiger partial charge in [0.1, 0.15) is 12.1 Å². The third-order valence-electron chi connectivity index (χ3n) is 6.00. The first kappa shape index (κ1) is 28.3. The van der Waals surface area contributed by atoms with Crippen molar-refractivity contribution in [2.24, 2.45) is 0 Å². The number of benzene rings is 2. The average Bonchev–Trinajstić information content (AvgIpc) is 2.88. The quantitative estimate of drug-likeness (QED) is 0.391. The summed E-state index contributed by atoms with van der Waals surface area (Å²) in [5.74, 6) is -2.41. The Labute approximate surface area is 216 Å². The lowest BCUT2D eigenvalue weighted by Gasteiger charge is -2.33. The van der Waals surface area contributed by atoms with Crippen molar-refractivity contribution in [1.29, 1.82) is 0 Å². The number of ether oxygens (including phenoxy) is 1. The molecule has 10 nitrogen and oxygen atoms in total. The minimum atomic E-state index is -3.84. The van der Waals surface area contributed by atoms with Gasteiger partial charge < -0.3 is 25.4 Å². The Morgan fingerprint density at radius 1 is 1.00 bits per heavy atom. The Balaban J connectivity index is 1.77. The van der Waals surface area contributed by atoms with Crippen molar-refractivity contribution in [3.8, 4) is 0 Å². The zero-order valence-corrected chi connectivity index (χ0v) is 21.7. The van der Waals surface area contributed by atoms with Crippen molar-refractivity contribution < 1.29 is 32.6 Å². The molecule has 2 atom stereocenters. The van der Waals surface area contributed by atoms with E-state index in [0.29, 0.717) is 31.9 Å². The standard InChI is InChI=1S/C26H33N3O7S/c1-26(2,23(31)22(30)20-11-7-4-8-12-20)28-24(32)21(27-25(33)29-13-15-36-16-14-29)18-37(34,35)17-19-9-5-3-6-10-19/h3-12,21,23,31H,13-18H2,1-2H3,(H,27,33)(H,28,32). The molecule has 11 heteroatoms. The average molecular weight is 532 g/mol. The molecule has 0 spiro atoms. The van der Waals surface area contributed by atoms with Gasteiger partial charge in [0.15, 0.2) is 15.6 Å². The lowest BCUT2D eigenvalue weighted by molar-refractivity contribution is -0.125. The Morgan fingerprint density at radius 3 is 2.16 bits per heavy atom. The predicted molar refractivity (Wildman–Crippen MR) is 138 cm³/mol. The fourth-order valence-corrected chi connectivity index (χ4v) is 5.45. The van der Waals surface area contributed by atoms with Gasteiger partial charge in [-0.3, -0.25) is 9.59 Å². The van der Waals surface area contributed by atoms with Gasteiger partial charge in [-0.1, -0.05) is 60.7 Å². The van der Waals surface area contributed by atoms with Gasteiger partial charge >= 0.3 is 6.03 Å². The molecule has 3 rings (SSSR count). The summed E-state index contributed by atoms with van der Waals surface area (Å²) in [6.45, 7) is 4.17. The molecule has 0 bridgehead atoms. The number of urea groups is 1. The first-order valence-electron chi connectivity index (χ1n) is 12.0. The second-order valence-corrected chi connectivity index (χ2v) is 11.6. The summed E-state index contributed by atoms with van der Waals surface area (Å²) < 4.78 is 31.2. The number of rotatable bonds is 10. The highest BCUT2D eigenvalue weighted by molar-refractivity contribution is 7.90. The number of ketones is 1. The topological polar surface area (TPSA) is 142 Å². The van der Waals surface area contributed by atoms with Crippen molar-refractivity contribution in [3.63, 3.8) is 0 Å². The number of Topliss-reactive ketones (excluding diaryl/α,β-unsaturated/α-hetero) is 1. The summed E-state index contributed by atoms with van der Waals surface area (Å²) >= 11 is 0. The number of nitrogens with one attached hydrogen (secondary N) is 2. The Morgan fingerprint density at radius 2 is 1.57 bits per heavy atom. The van der Waals surface area contributed by atoms with E-state index in [1.165, 1.54) is 18.7 Å². The van der Waals surface area contributed by atoms with E-state index in [9.17, 15) is 27.9 Å². The normalized spacial score (nSPS) is 15.9. The smallest absolute Gasteiger partial charge is 0.318 e. The SMILES string of the molecule is CC(C)(NC(=O)C(CS(=O)(=O)Cc1ccccc1)NC(=O)N1CCOCC1)C(O)C(=O)c1ccccc1.